The van der Waals surface area contributed by atoms with Gasteiger partial charge in [-0.15, -0.1) is 0 Å². The molecule has 0 saturated heterocycles. The smallest absolute Gasteiger partial charge is 0.410 e. The Balaban J connectivity index is 2.55. The molecule has 1 aliphatic carbocycles. The van der Waals surface area contributed by atoms with E-state index in [0.29, 0.717) is 19.7 Å². The standard InChI is InChI=1S/C14H25NO4S/c1-4-15(5-2)13(16)19-11-9-7-8-10-12(11)20-14(17)18-6-3/h11-12H,4-10H2,1-3H3. The third-order valence-corrected chi connectivity index (χ3v) is 4.58. The summed E-state index contributed by atoms with van der Waals surface area (Å²) in [4.78, 5) is 25.2. The first kappa shape index (κ1) is 17.1. The van der Waals surface area contributed by atoms with Crippen molar-refractivity contribution in [3.8, 4) is 0 Å². The Bertz CT molecular complexity index is 320. The van der Waals surface area contributed by atoms with Crippen LogP contribution in [0, 0.1) is 0 Å². The second-order valence-corrected chi connectivity index (χ2v) is 5.89. The molecule has 5 nitrogen and oxygen atoms in total. The number of rotatable bonds is 5. The molecule has 1 aliphatic rings. The molecule has 0 N–H and O–H groups in total. The summed E-state index contributed by atoms with van der Waals surface area (Å²) in [5.74, 6) is 0. The van der Waals surface area contributed by atoms with Gasteiger partial charge >= 0.3 is 11.4 Å². The second-order valence-electron chi connectivity index (χ2n) is 4.72. The zero-order valence-electron chi connectivity index (χ0n) is 12.6. The van der Waals surface area contributed by atoms with Gasteiger partial charge < -0.3 is 14.4 Å². The van der Waals surface area contributed by atoms with Gasteiger partial charge in [-0.2, -0.15) is 0 Å². The molecule has 0 aromatic carbocycles. The average molecular weight is 303 g/mol. The molecule has 1 amide bonds. The van der Waals surface area contributed by atoms with Gasteiger partial charge in [0.1, 0.15) is 6.10 Å². The van der Waals surface area contributed by atoms with Gasteiger partial charge in [-0.05, 0) is 51.8 Å². The van der Waals surface area contributed by atoms with Crippen LogP contribution in [-0.2, 0) is 9.47 Å². The Morgan fingerprint density at radius 1 is 1.15 bits per heavy atom. The van der Waals surface area contributed by atoms with E-state index in [4.69, 9.17) is 9.47 Å². The summed E-state index contributed by atoms with van der Waals surface area (Å²) in [7, 11) is 0. The van der Waals surface area contributed by atoms with E-state index in [9.17, 15) is 9.59 Å². The molecular weight excluding hydrogens is 278 g/mol. The van der Waals surface area contributed by atoms with E-state index in [1.54, 1.807) is 11.8 Å². The van der Waals surface area contributed by atoms with Crippen molar-refractivity contribution in [3.05, 3.63) is 0 Å². The first-order valence-electron chi connectivity index (χ1n) is 7.41. The first-order valence-corrected chi connectivity index (χ1v) is 8.29. The summed E-state index contributed by atoms with van der Waals surface area (Å²) >= 11 is 1.17. The molecule has 0 spiro atoms. The normalized spacial score (nSPS) is 22.1. The highest BCUT2D eigenvalue weighted by molar-refractivity contribution is 8.13. The predicted octanol–water partition coefficient (Wildman–Crippen LogP) is 3.67. The Morgan fingerprint density at radius 2 is 1.80 bits per heavy atom. The lowest BCUT2D eigenvalue weighted by molar-refractivity contribution is 0.0511. The van der Waals surface area contributed by atoms with Crippen LogP contribution >= 0.6 is 11.8 Å². The van der Waals surface area contributed by atoms with Crippen molar-refractivity contribution in [3.63, 3.8) is 0 Å². The fraction of sp³-hybridized carbons (Fsp3) is 0.857. The van der Waals surface area contributed by atoms with Gasteiger partial charge in [0.15, 0.2) is 0 Å². The predicted molar refractivity (Wildman–Crippen MR) is 80.1 cm³/mol. The number of thioether (sulfide) groups is 1. The lowest BCUT2D eigenvalue weighted by atomic mass is 9.97. The molecule has 20 heavy (non-hydrogen) atoms. The number of carbonyl (C=O) groups is 2. The van der Waals surface area contributed by atoms with E-state index in [1.807, 2.05) is 13.8 Å². The van der Waals surface area contributed by atoms with Gasteiger partial charge in [0, 0.05) is 13.1 Å². The van der Waals surface area contributed by atoms with Gasteiger partial charge in [-0.1, -0.05) is 6.42 Å². The number of ether oxygens (including phenoxy) is 2. The maximum absolute atomic E-state index is 12.0. The van der Waals surface area contributed by atoms with Crippen LogP contribution in [0.15, 0.2) is 0 Å². The van der Waals surface area contributed by atoms with E-state index >= 15 is 0 Å². The van der Waals surface area contributed by atoms with E-state index in [2.05, 4.69) is 0 Å². The number of nitrogens with zero attached hydrogens (tertiary/aromatic N) is 1. The van der Waals surface area contributed by atoms with Gasteiger partial charge in [-0.3, -0.25) is 0 Å². The summed E-state index contributed by atoms with van der Waals surface area (Å²) in [5, 5.41) is -0.259. The largest absolute Gasteiger partial charge is 0.458 e. The molecule has 1 rings (SSSR count). The number of hydrogen-bond acceptors (Lipinski definition) is 5. The van der Waals surface area contributed by atoms with Gasteiger partial charge in [0.25, 0.3) is 0 Å². The number of amides is 1. The van der Waals surface area contributed by atoms with Crippen molar-refractivity contribution in [1.82, 2.24) is 4.90 Å². The Kier molecular flexibility index (Phi) is 7.80. The Hall–Kier alpha value is -0.910. The summed E-state index contributed by atoms with van der Waals surface area (Å²) in [5.41, 5.74) is 0. The van der Waals surface area contributed by atoms with Gasteiger partial charge in [0.05, 0.1) is 11.9 Å². The SMILES string of the molecule is CCOC(=O)SC1CCCCC1OC(=O)N(CC)CC. The van der Waals surface area contributed by atoms with Crippen molar-refractivity contribution >= 4 is 23.2 Å². The summed E-state index contributed by atoms with van der Waals surface area (Å²) < 4.78 is 10.5. The van der Waals surface area contributed by atoms with E-state index in [0.717, 1.165) is 25.7 Å². The lowest BCUT2D eigenvalue weighted by Crippen LogP contribution is -2.39. The molecule has 0 aromatic rings. The minimum Gasteiger partial charge on any atom is -0.458 e. The Morgan fingerprint density at radius 3 is 2.40 bits per heavy atom. The second kappa shape index (κ2) is 9.10. The van der Waals surface area contributed by atoms with E-state index in [-0.39, 0.29) is 22.7 Å². The molecule has 0 aromatic heterocycles. The number of carbonyl (C=O) groups excluding carboxylic acids is 2. The Labute approximate surface area is 125 Å². The molecule has 1 fully saturated rings. The van der Waals surface area contributed by atoms with Crippen molar-refractivity contribution in [2.45, 2.75) is 57.8 Å². The van der Waals surface area contributed by atoms with Crippen LogP contribution in [0.5, 0.6) is 0 Å². The topological polar surface area (TPSA) is 55.8 Å². The van der Waals surface area contributed by atoms with Crippen LogP contribution in [0.1, 0.15) is 46.5 Å². The van der Waals surface area contributed by atoms with Crippen LogP contribution in [0.2, 0.25) is 0 Å². The molecule has 116 valence electrons. The van der Waals surface area contributed by atoms with Crippen LogP contribution in [0.4, 0.5) is 9.59 Å². The highest BCUT2D eigenvalue weighted by Crippen LogP contribution is 2.32. The molecule has 0 bridgehead atoms. The minimum atomic E-state index is -0.281. The van der Waals surface area contributed by atoms with E-state index in [1.165, 1.54) is 11.8 Å². The van der Waals surface area contributed by atoms with Crippen molar-refractivity contribution in [1.29, 1.82) is 0 Å². The third-order valence-electron chi connectivity index (χ3n) is 3.43. The fourth-order valence-corrected chi connectivity index (χ4v) is 3.35. The first-order chi connectivity index (χ1) is 9.62. The molecular formula is C14H25NO4S. The van der Waals surface area contributed by atoms with Crippen molar-refractivity contribution in [2.75, 3.05) is 19.7 Å². The molecule has 0 radical (unpaired) electrons. The van der Waals surface area contributed by atoms with Crippen molar-refractivity contribution in [2.24, 2.45) is 0 Å². The minimum absolute atomic E-state index is 0.0160. The van der Waals surface area contributed by atoms with Crippen LogP contribution in [0.25, 0.3) is 0 Å². The molecule has 1 saturated carbocycles. The maximum atomic E-state index is 12.0. The molecule has 2 unspecified atom stereocenters. The number of hydrogen-bond donors (Lipinski definition) is 0. The average Bonchev–Trinajstić information content (AvgIpc) is 2.42. The van der Waals surface area contributed by atoms with Gasteiger partial charge in [-0.25, -0.2) is 9.59 Å². The van der Waals surface area contributed by atoms with Crippen molar-refractivity contribution < 1.29 is 19.1 Å². The fourth-order valence-electron chi connectivity index (χ4n) is 2.29. The molecule has 0 aliphatic heterocycles. The molecule has 6 heteroatoms. The highest BCUT2D eigenvalue weighted by atomic mass is 32.2. The lowest BCUT2D eigenvalue weighted by Gasteiger charge is -2.31. The molecule has 0 heterocycles. The van der Waals surface area contributed by atoms with E-state index < -0.39 is 0 Å². The zero-order chi connectivity index (χ0) is 15.0. The maximum Gasteiger partial charge on any atom is 0.410 e. The monoisotopic (exact) mass is 303 g/mol. The zero-order valence-corrected chi connectivity index (χ0v) is 13.4. The van der Waals surface area contributed by atoms with Crippen LogP contribution < -0.4 is 0 Å². The quantitative estimate of drug-likeness (QED) is 0.725. The van der Waals surface area contributed by atoms with Crippen LogP contribution in [0.3, 0.4) is 0 Å². The molecule has 2 atom stereocenters. The van der Waals surface area contributed by atoms with Gasteiger partial charge in [0.2, 0.25) is 0 Å². The third kappa shape index (κ3) is 5.23. The van der Waals surface area contributed by atoms with Crippen LogP contribution in [-0.4, -0.2) is 47.3 Å². The summed E-state index contributed by atoms with van der Waals surface area (Å²) in [6.07, 6.45) is 3.35. The summed E-state index contributed by atoms with van der Waals surface area (Å²) in [6.45, 7) is 7.29. The highest BCUT2D eigenvalue weighted by Gasteiger charge is 2.32. The summed E-state index contributed by atoms with van der Waals surface area (Å²) in [6, 6.07) is 0.